The minimum atomic E-state index is 0.687. The van der Waals surface area contributed by atoms with Gasteiger partial charge in [0.1, 0.15) is 11.0 Å². The Morgan fingerprint density at radius 3 is 2.63 bits per heavy atom. The number of nitrogens with one attached hydrogen (secondary N) is 1. The summed E-state index contributed by atoms with van der Waals surface area (Å²) >= 11 is 0. The molecule has 1 saturated heterocycles. The average Bonchev–Trinajstić information content (AvgIpc) is 2.92. The third kappa shape index (κ3) is 2.03. The topological polar surface area (TPSA) is 54.2 Å². The highest BCUT2D eigenvalue weighted by molar-refractivity contribution is 5.75. The van der Waals surface area contributed by atoms with Gasteiger partial charge in [-0.3, -0.25) is 4.90 Å². The molecule has 1 aromatic carbocycles. The Hall–Kier alpha value is -1.46. The van der Waals surface area contributed by atoms with Crippen molar-refractivity contribution in [3.8, 4) is 0 Å². The second-order valence-electron chi connectivity index (χ2n) is 5.56. The number of piperazine rings is 1. The molecule has 0 radical (unpaired) electrons. The van der Waals surface area contributed by atoms with Crippen LogP contribution in [0.25, 0.3) is 11.0 Å². The zero-order chi connectivity index (χ0) is 12.7. The highest BCUT2D eigenvalue weighted by atomic mass is 16.6. The Morgan fingerprint density at radius 1 is 1.11 bits per heavy atom. The number of rotatable bonds is 1. The van der Waals surface area contributed by atoms with Crippen molar-refractivity contribution in [2.75, 3.05) is 26.2 Å². The monoisotopic (exact) mass is 258 g/mol. The van der Waals surface area contributed by atoms with Crippen LogP contribution in [0, 0.1) is 0 Å². The molecule has 1 fully saturated rings. The molecule has 1 unspecified atom stereocenters. The molecule has 0 amide bonds. The smallest absolute Gasteiger partial charge is 0.135 e. The van der Waals surface area contributed by atoms with E-state index in [1.165, 1.54) is 30.6 Å². The Morgan fingerprint density at radius 2 is 1.84 bits per heavy atom. The van der Waals surface area contributed by atoms with Gasteiger partial charge in [0.2, 0.25) is 0 Å². The van der Waals surface area contributed by atoms with E-state index in [9.17, 15) is 0 Å². The largest absolute Gasteiger partial charge is 0.314 e. The summed E-state index contributed by atoms with van der Waals surface area (Å²) in [5, 5.41) is 11.3. The van der Waals surface area contributed by atoms with Crippen LogP contribution in [0.2, 0.25) is 0 Å². The first-order chi connectivity index (χ1) is 9.40. The maximum Gasteiger partial charge on any atom is 0.135 e. The number of hydrogen-bond acceptors (Lipinski definition) is 5. The summed E-state index contributed by atoms with van der Waals surface area (Å²) < 4.78 is 4.81. The van der Waals surface area contributed by atoms with Crippen molar-refractivity contribution in [2.24, 2.45) is 0 Å². The predicted octanol–water partition coefficient (Wildman–Crippen LogP) is 0.985. The molecule has 0 bridgehead atoms. The summed E-state index contributed by atoms with van der Waals surface area (Å²) in [6.07, 6.45) is 3.54. The Labute approximate surface area is 111 Å². The molecule has 5 nitrogen and oxygen atoms in total. The van der Waals surface area contributed by atoms with Crippen LogP contribution in [0.4, 0.5) is 0 Å². The normalized spacial score (nSPS) is 24.5. The van der Waals surface area contributed by atoms with Gasteiger partial charge in [0, 0.05) is 32.2 Å². The summed E-state index contributed by atoms with van der Waals surface area (Å²) in [5.74, 6) is 0. The molecule has 1 aromatic heterocycles. The Balaban J connectivity index is 1.61. The van der Waals surface area contributed by atoms with E-state index in [1.807, 2.05) is 0 Å². The van der Waals surface area contributed by atoms with E-state index in [2.05, 4.69) is 32.7 Å². The van der Waals surface area contributed by atoms with Gasteiger partial charge in [0.25, 0.3) is 0 Å². The molecule has 2 aliphatic rings. The van der Waals surface area contributed by atoms with Gasteiger partial charge < -0.3 is 5.32 Å². The lowest BCUT2D eigenvalue weighted by molar-refractivity contribution is 0.159. The molecule has 0 spiro atoms. The number of aryl methyl sites for hydroxylation is 1. The quantitative estimate of drug-likeness (QED) is 0.826. The van der Waals surface area contributed by atoms with Gasteiger partial charge in [0.05, 0.1) is 0 Å². The first kappa shape index (κ1) is 11.4. The van der Waals surface area contributed by atoms with E-state index >= 15 is 0 Å². The van der Waals surface area contributed by atoms with E-state index in [0.717, 1.165) is 37.0 Å². The minimum Gasteiger partial charge on any atom is -0.314 e. The molecule has 5 heteroatoms. The van der Waals surface area contributed by atoms with Crippen molar-refractivity contribution in [1.82, 2.24) is 20.5 Å². The molecule has 2 heterocycles. The van der Waals surface area contributed by atoms with Gasteiger partial charge in [-0.05, 0) is 52.8 Å². The van der Waals surface area contributed by atoms with E-state index in [0.29, 0.717) is 6.04 Å². The number of nitrogens with zero attached hydrogens (tertiary/aromatic N) is 3. The molecule has 0 saturated carbocycles. The molecule has 1 aliphatic heterocycles. The summed E-state index contributed by atoms with van der Waals surface area (Å²) in [5.41, 5.74) is 4.63. The zero-order valence-corrected chi connectivity index (χ0v) is 10.9. The van der Waals surface area contributed by atoms with Crippen LogP contribution in [0.3, 0.4) is 0 Å². The lowest BCUT2D eigenvalue weighted by Crippen LogP contribution is -2.50. The predicted molar refractivity (Wildman–Crippen MR) is 72.1 cm³/mol. The van der Waals surface area contributed by atoms with E-state index in [4.69, 9.17) is 4.63 Å². The summed E-state index contributed by atoms with van der Waals surface area (Å²) in [4.78, 5) is 2.63. The standard InChI is InChI=1S/C14H18N4O/c1-2-12(18-5-3-15-4-6-18)7-11-9-14-13(8-10(1)11)16-19-17-14/h8-9,12,15H,1-7H2. The van der Waals surface area contributed by atoms with Crippen molar-refractivity contribution < 1.29 is 4.63 Å². The van der Waals surface area contributed by atoms with Crippen LogP contribution in [-0.4, -0.2) is 47.4 Å². The Kier molecular flexibility index (Phi) is 2.74. The fourth-order valence-corrected chi connectivity index (χ4v) is 3.38. The van der Waals surface area contributed by atoms with Crippen molar-refractivity contribution >= 4 is 11.0 Å². The van der Waals surface area contributed by atoms with Crippen LogP contribution in [0.1, 0.15) is 17.5 Å². The summed E-state index contributed by atoms with van der Waals surface area (Å²) in [6.45, 7) is 4.59. The van der Waals surface area contributed by atoms with Crippen molar-refractivity contribution in [3.05, 3.63) is 23.3 Å². The maximum atomic E-state index is 4.81. The molecule has 100 valence electrons. The summed E-state index contributed by atoms with van der Waals surface area (Å²) in [7, 11) is 0. The van der Waals surface area contributed by atoms with E-state index in [1.54, 1.807) is 0 Å². The average molecular weight is 258 g/mol. The molecular formula is C14H18N4O. The minimum absolute atomic E-state index is 0.687. The number of benzene rings is 1. The third-order valence-electron chi connectivity index (χ3n) is 4.45. The van der Waals surface area contributed by atoms with Gasteiger partial charge in [-0.2, -0.15) is 0 Å². The molecule has 2 aromatic rings. The summed E-state index contributed by atoms with van der Waals surface area (Å²) in [6, 6.07) is 5.00. The SMILES string of the molecule is c1c2c(cc3nonc13)CC(N1CCNCC1)CC2. The number of aromatic nitrogens is 2. The molecule has 1 atom stereocenters. The molecule has 19 heavy (non-hydrogen) atoms. The van der Waals surface area contributed by atoms with Crippen LogP contribution in [0.15, 0.2) is 16.8 Å². The van der Waals surface area contributed by atoms with Gasteiger partial charge >= 0.3 is 0 Å². The van der Waals surface area contributed by atoms with Crippen LogP contribution >= 0.6 is 0 Å². The van der Waals surface area contributed by atoms with Crippen LogP contribution < -0.4 is 5.32 Å². The first-order valence-electron chi connectivity index (χ1n) is 7.09. The fourth-order valence-electron chi connectivity index (χ4n) is 3.38. The lowest BCUT2D eigenvalue weighted by atomic mass is 9.87. The number of hydrogen-bond donors (Lipinski definition) is 1. The highest BCUT2D eigenvalue weighted by Crippen LogP contribution is 2.27. The maximum absolute atomic E-state index is 4.81. The number of fused-ring (bicyclic) bond motifs is 2. The van der Waals surface area contributed by atoms with Crippen molar-refractivity contribution in [3.63, 3.8) is 0 Å². The molecule has 4 rings (SSSR count). The first-order valence-corrected chi connectivity index (χ1v) is 7.09. The second-order valence-corrected chi connectivity index (χ2v) is 5.56. The van der Waals surface area contributed by atoms with Crippen LogP contribution in [0.5, 0.6) is 0 Å². The molecular weight excluding hydrogens is 240 g/mol. The van der Waals surface area contributed by atoms with Gasteiger partial charge in [-0.15, -0.1) is 0 Å². The van der Waals surface area contributed by atoms with Crippen molar-refractivity contribution in [2.45, 2.75) is 25.3 Å². The fraction of sp³-hybridized carbons (Fsp3) is 0.571. The second kappa shape index (κ2) is 4.58. The van der Waals surface area contributed by atoms with Crippen molar-refractivity contribution in [1.29, 1.82) is 0 Å². The van der Waals surface area contributed by atoms with Crippen LogP contribution in [-0.2, 0) is 12.8 Å². The Bertz CT molecular complexity index is 588. The highest BCUT2D eigenvalue weighted by Gasteiger charge is 2.25. The van der Waals surface area contributed by atoms with E-state index in [-0.39, 0.29) is 0 Å². The lowest BCUT2D eigenvalue weighted by Gasteiger charge is -2.37. The van der Waals surface area contributed by atoms with Gasteiger partial charge in [-0.1, -0.05) is 0 Å². The van der Waals surface area contributed by atoms with Gasteiger partial charge in [0.15, 0.2) is 0 Å². The van der Waals surface area contributed by atoms with Gasteiger partial charge in [-0.25, -0.2) is 4.63 Å². The molecule has 1 aliphatic carbocycles. The van der Waals surface area contributed by atoms with E-state index < -0.39 is 0 Å². The third-order valence-corrected chi connectivity index (χ3v) is 4.45. The molecule has 1 N–H and O–H groups in total. The zero-order valence-electron chi connectivity index (χ0n) is 10.9.